The Bertz CT molecular complexity index is 743. The van der Waals surface area contributed by atoms with E-state index in [0.717, 1.165) is 31.5 Å². The Balaban J connectivity index is 1.51. The van der Waals surface area contributed by atoms with E-state index in [1.54, 1.807) is 0 Å². The van der Waals surface area contributed by atoms with Crippen LogP contribution in [0.25, 0.3) is 0 Å². The van der Waals surface area contributed by atoms with Gasteiger partial charge in [0.05, 0.1) is 12.2 Å². The van der Waals surface area contributed by atoms with Crippen molar-refractivity contribution in [3.05, 3.63) is 53.9 Å². The molecule has 1 unspecified atom stereocenters. The first-order chi connectivity index (χ1) is 13.6. The zero-order chi connectivity index (χ0) is 19.9. The molecule has 152 valence electrons. The molecular formula is C22H34N6. The lowest BCUT2D eigenvalue weighted by atomic mass is 9.90. The van der Waals surface area contributed by atoms with E-state index in [1.165, 1.54) is 30.4 Å². The number of likely N-dealkylation sites (N-methyl/N-ethyl adjacent to an activating group) is 1. The second kappa shape index (κ2) is 9.73. The molecule has 1 aromatic heterocycles. The standard InChI is InChI=1S/C22H34N6/c1-23-22(24-16-21(26(2)3)20-15-25-27(4)17-20)28-12-10-19(11-13-28)14-18-8-6-5-7-9-18/h5-9,15,17,19,21H,10-14,16H2,1-4H3,(H,23,24). The predicted molar refractivity (Wildman–Crippen MR) is 115 cm³/mol. The lowest BCUT2D eigenvalue weighted by molar-refractivity contribution is 0.253. The van der Waals surface area contributed by atoms with Crippen molar-refractivity contribution in [2.75, 3.05) is 40.8 Å². The van der Waals surface area contributed by atoms with Gasteiger partial charge in [0.2, 0.25) is 0 Å². The number of likely N-dealkylation sites (tertiary alicyclic amines) is 1. The smallest absolute Gasteiger partial charge is 0.193 e. The third-order valence-electron chi connectivity index (χ3n) is 5.68. The highest BCUT2D eigenvalue weighted by molar-refractivity contribution is 5.80. The van der Waals surface area contributed by atoms with Crippen LogP contribution in [0.15, 0.2) is 47.7 Å². The largest absolute Gasteiger partial charge is 0.354 e. The van der Waals surface area contributed by atoms with E-state index in [9.17, 15) is 0 Å². The molecule has 1 atom stereocenters. The molecule has 2 aromatic rings. The van der Waals surface area contributed by atoms with E-state index >= 15 is 0 Å². The maximum Gasteiger partial charge on any atom is 0.193 e. The molecule has 2 heterocycles. The summed E-state index contributed by atoms with van der Waals surface area (Å²) >= 11 is 0. The summed E-state index contributed by atoms with van der Waals surface area (Å²) in [5.41, 5.74) is 2.67. The van der Waals surface area contributed by atoms with Gasteiger partial charge in [0.15, 0.2) is 5.96 Å². The van der Waals surface area contributed by atoms with Crippen molar-refractivity contribution >= 4 is 5.96 Å². The average molecular weight is 383 g/mol. The molecule has 1 aliphatic rings. The van der Waals surface area contributed by atoms with Crippen LogP contribution in [-0.4, -0.2) is 66.3 Å². The maximum absolute atomic E-state index is 4.54. The topological polar surface area (TPSA) is 48.7 Å². The molecule has 28 heavy (non-hydrogen) atoms. The van der Waals surface area contributed by atoms with Crippen LogP contribution in [0.5, 0.6) is 0 Å². The third-order valence-corrected chi connectivity index (χ3v) is 5.68. The number of aliphatic imine (C=N–C) groups is 1. The molecular weight excluding hydrogens is 348 g/mol. The molecule has 0 saturated carbocycles. The molecule has 0 bridgehead atoms. The SMILES string of the molecule is CN=C(NCC(c1cnn(C)c1)N(C)C)N1CCC(Cc2ccccc2)CC1. The molecule has 1 saturated heterocycles. The number of nitrogens with one attached hydrogen (secondary N) is 1. The lowest BCUT2D eigenvalue weighted by Crippen LogP contribution is -2.47. The maximum atomic E-state index is 4.54. The first kappa shape index (κ1) is 20.4. The molecule has 0 aliphatic carbocycles. The third kappa shape index (κ3) is 5.35. The van der Waals surface area contributed by atoms with Crippen LogP contribution < -0.4 is 5.32 Å². The van der Waals surface area contributed by atoms with Crippen LogP contribution >= 0.6 is 0 Å². The van der Waals surface area contributed by atoms with Crippen molar-refractivity contribution in [3.63, 3.8) is 0 Å². The monoisotopic (exact) mass is 382 g/mol. The first-order valence-electron chi connectivity index (χ1n) is 10.2. The fourth-order valence-electron chi connectivity index (χ4n) is 4.03. The number of guanidine groups is 1. The fraction of sp³-hybridized carbons (Fsp3) is 0.545. The molecule has 1 fully saturated rings. The van der Waals surface area contributed by atoms with Crippen molar-refractivity contribution in [2.45, 2.75) is 25.3 Å². The van der Waals surface area contributed by atoms with E-state index in [4.69, 9.17) is 0 Å². The van der Waals surface area contributed by atoms with E-state index in [2.05, 4.69) is 75.8 Å². The molecule has 6 nitrogen and oxygen atoms in total. The summed E-state index contributed by atoms with van der Waals surface area (Å²) in [6.45, 7) is 2.95. The van der Waals surface area contributed by atoms with Crippen LogP contribution in [0.3, 0.4) is 0 Å². The van der Waals surface area contributed by atoms with Gasteiger partial charge in [-0.25, -0.2) is 0 Å². The number of hydrogen-bond donors (Lipinski definition) is 1. The molecule has 0 spiro atoms. The fourth-order valence-corrected chi connectivity index (χ4v) is 4.03. The summed E-state index contributed by atoms with van der Waals surface area (Å²) in [5, 5.41) is 7.91. The quantitative estimate of drug-likeness (QED) is 0.616. The molecule has 3 rings (SSSR count). The van der Waals surface area contributed by atoms with Gasteiger partial charge >= 0.3 is 0 Å². The van der Waals surface area contributed by atoms with Gasteiger partial charge < -0.3 is 15.1 Å². The minimum atomic E-state index is 0.265. The summed E-state index contributed by atoms with van der Waals surface area (Å²) in [6.07, 6.45) is 7.66. The van der Waals surface area contributed by atoms with Gasteiger partial charge in [-0.1, -0.05) is 30.3 Å². The highest BCUT2D eigenvalue weighted by Gasteiger charge is 2.23. The van der Waals surface area contributed by atoms with E-state index in [0.29, 0.717) is 0 Å². The zero-order valence-corrected chi connectivity index (χ0v) is 17.7. The summed E-state index contributed by atoms with van der Waals surface area (Å²) < 4.78 is 1.86. The van der Waals surface area contributed by atoms with E-state index in [-0.39, 0.29) is 6.04 Å². The Kier molecular flexibility index (Phi) is 7.09. The molecule has 0 radical (unpaired) electrons. The van der Waals surface area contributed by atoms with Gasteiger partial charge in [0, 0.05) is 45.5 Å². The normalized spacial score (nSPS) is 17.2. The van der Waals surface area contributed by atoms with Gasteiger partial charge in [-0.05, 0) is 44.8 Å². The van der Waals surface area contributed by atoms with Gasteiger partial charge in [-0.2, -0.15) is 5.10 Å². The summed E-state index contributed by atoms with van der Waals surface area (Å²) in [7, 11) is 8.06. The zero-order valence-electron chi connectivity index (χ0n) is 17.7. The van der Waals surface area contributed by atoms with Gasteiger partial charge in [0.1, 0.15) is 0 Å². The minimum absolute atomic E-state index is 0.265. The number of piperidine rings is 1. The van der Waals surface area contributed by atoms with Crippen molar-refractivity contribution in [1.82, 2.24) is 24.9 Å². The first-order valence-corrected chi connectivity index (χ1v) is 10.2. The average Bonchev–Trinajstić information content (AvgIpc) is 3.12. The summed E-state index contributed by atoms with van der Waals surface area (Å²) in [6, 6.07) is 11.1. The van der Waals surface area contributed by atoms with Crippen LogP contribution in [-0.2, 0) is 13.5 Å². The number of rotatable bonds is 6. The van der Waals surface area contributed by atoms with Crippen LogP contribution in [0, 0.1) is 5.92 Å². The Labute approximate surface area is 169 Å². The van der Waals surface area contributed by atoms with Crippen LogP contribution in [0.1, 0.15) is 30.0 Å². The van der Waals surface area contributed by atoms with Crippen molar-refractivity contribution in [1.29, 1.82) is 0 Å². The van der Waals surface area contributed by atoms with Crippen molar-refractivity contribution in [2.24, 2.45) is 18.0 Å². The number of aromatic nitrogens is 2. The number of aryl methyl sites for hydroxylation is 1. The molecule has 1 aliphatic heterocycles. The van der Waals surface area contributed by atoms with Crippen molar-refractivity contribution < 1.29 is 0 Å². The van der Waals surface area contributed by atoms with E-state index < -0.39 is 0 Å². The summed E-state index contributed by atoms with van der Waals surface area (Å²) in [5.74, 6) is 1.77. The highest BCUT2D eigenvalue weighted by atomic mass is 15.3. The van der Waals surface area contributed by atoms with Gasteiger partial charge in [-0.15, -0.1) is 0 Å². The Morgan fingerprint density at radius 1 is 1.25 bits per heavy atom. The Morgan fingerprint density at radius 3 is 2.54 bits per heavy atom. The number of nitrogens with zero attached hydrogens (tertiary/aromatic N) is 5. The number of benzene rings is 1. The molecule has 1 aromatic carbocycles. The van der Waals surface area contributed by atoms with Crippen molar-refractivity contribution in [3.8, 4) is 0 Å². The second-order valence-electron chi connectivity index (χ2n) is 7.98. The summed E-state index contributed by atoms with van der Waals surface area (Å²) in [4.78, 5) is 9.17. The Hall–Kier alpha value is -2.34. The lowest BCUT2D eigenvalue weighted by Gasteiger charge is -2.35. The molecule has 1 N–H and O–H groups in total. The number of hydrogen-bond acceptors (Lipinski definition) is 3. The highest BCUT2D eigenvalue weighted by Crippen LogP contribution is 2.22. The second-order valence-corrected chi connectivity index (χ2v) is 7.98. The van der Waals surface area contributed by atoms with E-state index in [1.807, 2.05) is 25.0 Å². The minimum Gasteiger partial charge on any atom is -0.354 e. The molecule has 6 heteroatoms. The van der Waals surface area contributed by atoms with Crippen LogP contribution in [0.4, 0.5) is 0 Å². The van der Waals surface area contributed by atoms with Gasteiger partial charge in [0.25, 0.3) is 0 Å². The van der Waals surface area contributed by atoms with Crippen LogP contribution in [0.2, 0.25) is 0 Å². The van der Waals surface area contributed by atoms with Gasteiger partial charge in [-0.3, -0.25) is 9.67 Å². The predicted octanol–water partition coefficient (Wildman–Crippen LogP) is 2.55. The Morgan fingerprint density at radius 2 is 1.96 bits per heavy atom. The molecule has 0 amide bonds.